The predicted molar refractivity (Wildman–Crippen MR) is 93.5 cm³/mol. The van der Waals surface area contributed by atoms with Gasteiger partial charge in [0.25, 0.3) is 0 Å². The molecule has 21 heavy (non-hydrogen) atoms. The van der Waals surface area contributed by atoms with E-state index in [0.29, 0.717) is 11.4 Å². The zero-order chi connectivity index (χ0) is 13.7. The zero-order valence-corrected chi connectivity index (χ0v) is 14.0. The van der Waals surface area contributed by atoms with Crippen molar-refractivity contribution in [3.05, 3.63) is 24.3 Å². The Kier molecular flexibility index (Phi) is 9.42. The molecule has 3 N–H and O–H groups in total. The van der Waals surface area contributed by atoms with Crippen LogP contribution in [0.4, 0.5) is 11.4 Å². The van der Waals surface area contributed by atoms with E-state index < -0.39 is 0 Å². The average molecular weight is 334 g/mol. The summed E-state index contributed by atoms with van der Waals surface area (Å²) in [7, 11) is 0. The summed E-state index contributed by atoms with van der Waals surface area (Å²) in [5, 5.41) is 2.92. The van der Waals surface area contributed by atoms with Crippen LogP contribution >= 0.6 is 24.8 Å². The zero-order valence-electron chi connectivity index (χ0n) is 12.4. The number of carbonyl (C=O) groups is 1. The van der Waals surface area contributed by atoms with Gasteiger partial charge in [0.1, 0.15) is 0 Å². The Morgan fingerprint density at radius 1 is 1.14 bits per heavy atom. The van der Waals surface area contributed by atoms with Gasteiger partial charge in [-0.3, -0.25) is 9.69 Å². The Hall–Kier alpha value is -0.970. The van der Waals surface area contributed by atoms with E-state index in [1.165, 1.54) is 25.7 Å². The van der Waals surface area contributed by atoms with Crippen molar-refractivity contribution in [2.24, 2.45) is 0 Å². The smallest absolute Gasteiger partial charge is 0.241 e. The van der Waals surface area contributed by atoms with Crippen LogP contribution in [-0.4, -0.2) is 29.9 Å². The Morgan fingerprint density at radius 2 is 1.71 bits per heavy atom. The highest BCUT2D eigenvalue weighted by molar-refractivity contribution is 5.97. The molecule has 0 spiro atoms. The van der Waals surface area contributed by atoms with Gasteiger partial charge in [0.15, 0.2) is 0 Å². The lowest BCUT2D eigenvalue weighted by atomic mass is 10.2. The summed E-state index contributed by atoms with van der Waals surface area (Å²) in [5.41, 5.74) is 7.16. The van der Waals surface area contributed by atoms with Crippen LogP contribution < -0.4 is 11.1 Å². The summed E-state index contributed by atoms with van der Waals surface area (Å²) in [6.45, 7) is 4.00. The molecule has 1 atom stereocenters. The first-order valence-electron chi connectivity index (χ1n) is 7.08. The number of benzene rings is 1. The number of amides is 1. The summed E-state index contributed by atoms with van der Waals surface area (Å²) in [4.78, 5) is 14.5. The molecule has 1 aromatic rings. The van der Waals surface area contributed by atoms with Gasteiger partial charge in [-0.1, -0.05) is 25.0 Å². The van der Waals surface area contributed by atoms with Gasteiger partial charge in [-0.25, -0.2) is 0 Å². The van der Waals surface area contributed by atoms with Gasteiger partial charge in [-0.15, -0.1) is 24.8 Å². The number of nitrogens with zero attached hydrogens (tertiary/aromatic N) is 1. The van der Waals surface area contributed by atoms with Crippen LogP contribution in [0.2, 0.25) is 0 Å². The fourth-order valence-electron chi connectivity index (χ4n) is 2.50. The molecule has 1 aliphatic heterocycles. The SMILES string of the molecule is CC(C(=O)Nc1ccccc1N)N1CCCCCC1.Cl.Cl. The molecule has 2 rings (SSSR count). The van der Waals surface area contributed by atoms with E-state index in [2.05, 4.69) is 10.2 Å². The van der Waals surface area contributed by atoms with E-state index >= 15 is 0 Å². The van der Waals surface area contributed by atoms with Crippen LogP contribution in [0, 0.1) is 0 Å². The quantitative estimate of drug-likeness (QED) is 0.834. The molecule has 1 unspecified atom stereocenters. The third kappa shape index (κ3) is 5.73. The molecule has 0 bridgehead atoms. The van der Waals surface area contributed by atoms with E-state index in [1.54, 1.807) is 6.07 Å². The Labute approximate surface area is 139 Å². The third-order valence-electron chi connectivity index (χ3n) is 3.79. The van der Waals surface area contributed by atoms with Crippen molar-refractivity contribution in [3.63, 3.8) is 0 Å². The number of carbonyl (C=O) groups excluding carboxylic acids is 1. The Bertz CT molecular complexity index is 435. The van der Waals surface area contributed by atoms with Crippen molar-refractivity contribution < 1.29 is 4.79 Å². The number of anilines is 2. The number of hydrogen-bond donors (Lipinski definition) is 2. The van der Waals surface area contributed by atoms with Crippen molar-refractivity contribution in [2.45, 2.75) is 38.6 Å². The van der Waals surface area contributed by atoms with Crippen LogP contribution in [0.15, 0.2) is 24.3 Å². The summed E-state index contributed by atoms with van der Waals surface area (Å²) in [6.07, 6.45) is 4.92. The number of nitrogens with two attached hydrogens (primary N) is 1. The number of halogens is 2. The molecular weight excluding hydrogens is 309 g/mol. The van der Waals surface area contributed by atoms with Crippen molar-refractivity contribution in [2.75, 3.05) is 24.1 Å². The molecule has 0 aliphatic carbocycles. The van der Waals surface area contributed by atoms with E-state index in [9.17, 15) is 4.79 Å². The van der Waals surface area contributed by atoms with Gasteiger partial charge in [0, 0.05) is 0 Å². The highest BCUT2D eigenvalue weighted by atomic mass is 35.5. The molecule has 1 saturated heterocycles. The second kappa shape index (κ2) is 9.87. The highest BCUT2D eigenvalue weighted by Gasteiger charge is 2.22. The fourth-order valence-corrected chi connectivity index (χ4v) is 2.50. The van der Waals surface area contributed by atoms with Gasteiger partial charge in [0.2, 0.25) is 5.91 Å². The van der Waals surface area contributed by atoms with Gasteiger partial charge in [0.05, 0.1) is 17.4 Å². The van der Waals surface area contributed by atoms with Gasteiger partial charge in [-0.05, 0) is 45.0 Å². The monoisotopic (exact) mass is 333 g/mol. The first kappa shape index (κ1) is 20.0. The number of nitrogens with one attached hydrogen (secondary N) is 1. The molecule has 6 heteroatoms. The molecule has 0 aromatic heterocycles. The lowest BCUT2D eigenvalue weighted by molar-refractivity contribution is -0.120. The maximum Gasteiger partial charge on any atom is 0.241 e. The predicted octanol–water partition coefficient (Wildman–Crippen LogP) is 3.32. The van der Waals surface area contributed by atoms with Crippen LogP contribution in [0.1, 0.15) is 32.6 Å². The number of likely N-dealkylation sites (tertiary alicyclic amines) is 1. The van der Waals surface area contributed by atoms with Crippen molar-refractivity contribution in [1.82, 2.24) is 4.90 Å². The minimum absolute atomic E-state index is 0. The summed E-state index contributed by atoms with van der Waals surface area (Å²) >= 11 is 0. The largest absolute Gasteiger partial charge is 0.397 e. The van der Waals surface area contributed by atoms with E-state index in [0.717, 1.165) is 13.1 Å². The molecule has 1 heterocycles. The molecule has 120 valence electrons. The number of nitrogen functional groups attached to an aromatic ring is 1. The maximum absolute atomic E-state index is 12.3. The number of para-hydroxylation sites is 2. The normalized spacial score (nSPS) is 16.8. The maximum atomic E-state index is 12.3. The molecule has 1 amide bonds. The van der Waals surface area contributed by atoms with Crippen molar-refractivity contribution >= 4 is 42.1 Å². The molecule has 0 radical (unpaired) electrons. The highest BCUT2D eigenvalue weighted by Crippen LogP contribution is 2.18. The van der Waals surface area contributed by atoms with Crippen LogP contribution in [0.25, 0.3) is 0 Å². The summed E-state index contributed by atoms with van der Waals surface area (Å²) in [5.74, 6) is 0.0276. The Balaban J connectivity index is 0.00000200. The fraction of sp³-hybridized carbons (Fsp3) is 0.533. The average Bonchev–Trinajstić information content (AvgIpc) is 2.69. The summed E-state index contributed by atoms with van der Waals surface area (Å²) < 4.78 is 0. The van der Waals surface area contributed by atoms with Gasteiger partial charge in [-0.2, -0.15) is 0 Å². The van der Waals surface area contributed by atoms with E-state index in [-0.39, 0.29) is 36.8 Å². The van der Waals surface area contributed by atoms with Gasteiger partial charge >= 0.3 is 0 Å². The third-order valence-corrected chi connectivity index (χ3v) is 3.79. The number of rotatable bonds is 3. The molecule has 1 aliphatic rings. The standard InChI is InChI=1S/C15H23N3O.2ClH/c1-12(18-10-6-2-3-7-11-18)15(19)17-14-9-5-4-8-13(14)16;;/h4-5,8-9,12H,2-3,6-7,10-11,16H2,1H3,(H,17,19);2*1H. The Morgan fingerprint density at radius 3 is 2.29 bits per heavy atom. The summed E-state index contributed by atoms with van der Waals surface area (Å²) in [6, 6.07) is 7.28. The van der Waals surface area contributed by atoms with Crippen molar-refractivity contribution in [3.8, 4) is 0 Å². The van der Waals surface area contributed by atoms with Crippen LogP contribution in [0.5, 0.6) is 0 Å². The second-order valence-electron chi connectivity index (χ2n) is 5.20. The first-order valence-corrected chi connectivity index (χ1v) is 7.08. The van der Waals surface area contributed by atoms with E-state index in [1.807, 2.05) is 25.1 Å². The topological polar surface area (TPSA) is 58.4 Å². The molecule has 1 aromatic carbocycles. The second-order valence-corrected chi connectivity index (χ2v) is 5.20. The molecule has 1 fully saturated rings. The number of hydrogen-bond acceptors (Lipinski definition) is 3. The van der Waals surface area contributed by atoms with Crippen molar-refractivity contribution in [1.29, 1.82) is 0 Å². The minimum atomic E-state index is -0.0993. The molecule has 4 nitrogen and oxygen atoms in total. The molecular formula is C15H25Cl2N3O. The van der Waals surface area contributed by atoms with E-state index in [4.69, 9.17) is 5.73 Å². The van der Waals surface area contributed by atoms with Crippen LogP contribution in [-0.2, 0) is 4.79 Å². The minimum Gasteiger partial charge on any atom is -0.397 e. The lowest BCUT2D eigenvalue weighted by Crippen LogP contribution is -2.42. The lowest BCUT2D eigenvalue weighted by Gasteiger charge is -2.26. The first-order chi connectivity index (χ1) is 9.18. The molecule has 0 saturated carbocycles. The van der Waals surface area contributed by atoms with Gasteiger partial charge < -0.3 is 11.1 Å². The van der Waals surface area contributed by atoms with Crippen LogP contribution in [0.3, 0.4) is 0 Å².